The van der Waals surface area contributed by atoms with Crippen molar-refractivity contribution < 1.29 is 18.3 Å². The van der Waals surface area contributed by atoms with Gasteiger partial charge in [0.2, 0.25) is 0 Å². The third kappa shape index (κ3) is 2.16. The average molecular weight is 222 g/mol. The molecule has 0 radical (unpaired) electrons. The number of hydrogen-bond acceptors (Lipinski definition) is 2. The number of aliphatic hydroxyl groups is 1. The number of hydrogen-bond donors (Lipinski definition) is 1. The SMILES string of the molecule is C=C(C(O)c1sccc1C)C(F)(F)F. The molecule has 0 aliphatic heterocycles. The molecule has 1 rings (SSSR count). The Kier molecular flexibility index (Phi) is 3.01. The Hall–Kier alpha value is -0.810. The van der Waals surface area contributed by atoms with Crippen molar-refractivity contribution in [3.63, 3.8) is 0 Å². The van der Waals surface area contributed by atoms with Crippen LogP contribution in [0.1, 0.15) is 16.5 Å². The summed E-state index contributed by atoms with van der Waals surface area (Å²) in [6, 6.07) is 1.66. The quantitative estimate of drug-likeness (QED) is 0.762. The topological polar surface area (TPSA) is 20.2 Å². The lowest BCUT2D eigenvalue weighted by molar-refractivity contribution is -0.105. The van der Waals surface area contributed by atoms with Gasteiger partial charge >= 0.3 is 6.18 Å². The molecule has 0 bridgehead atoms. The Morgan fingerprint density at radius 2 is 2.14 bits per heavy atom. The molecule has 1 atom stereocenters. The summed E-state index contributed by atoms with van der Waals surface area (Å²) in [5.74, 6) is 0. The van der Waals surface area contributed by atoms with Crippen LogP contribution in [0.15, 0.2) is 23.6 Å². The second-order valence-electron chi connectivity index (χ2n) is 2.89. The van der Waals surface area contributed by atoms with E-state index in [-0.39, 0.29) is 0 Å². The van der Waals surface area contributed by atoms with Crippen LogP contribution in [0.4, 0.5) is 13.2 Å². The van der Waals surface area contributed by atoms with Crippen LogP contribution >= 0.6 is 11.3 Å². The van der Waals surface area contributed by atoms with Gasteiger partial charge in [-0.05, 0) is 23.9 Å². The highest BCUT2D eigenvalue weighted by atomic mass is 32.1. The summed E-state index contributed by atoms with van der Waals surface area (Å²) in [6.45, 7) is 4.51. The van der Waals surface area contributed by atoms with Crippen molar-refractivity contribution in [3.05, 3.63) is 34.0 Å². The van der Waals surface area contributed by atoms with E-state index in [1.54, 1.807) is 18.4 Å². The van der Waals surface area contributed by atoms with Crippen molar-refractivity contribution in [3.8, 4) is 0 Å². The van der Waals surface area contributed by atoms with Crippen LogP contribution in [0.5, 0.6) is 0 Å². The Morgan fingerprint density at radius 1 is 1.57 bits per heavy atom. The minimum absolute atomic E-state index is 0.298. The molecule has 14 heavy (non-hydrogen) atoms. The molecule has 0 aliphatic rings. The Bertz CT molecular complexity index is 340. The zero-order valence-corrected chi connectivity index (χ0v) is 8.25. The van der Waals surface area contributed by atoms with Crippen molar-refractivity contribution in [1.29, 1.82) is 0 Å². The molecular weight excluding hydrogens is 213 g/mol. The molecule has 0 saturated heterocycles. The average Bonchev–Trinajstić information content (AvgIpc) is 2.47. The van der Waals surface area contributed by atoms with Gasteiger partial charge in [0, 0.05) is 4.88 Å². The molecule has 78 valence electrons. The molecule has 1 nitrogen and oxygen atoms in total. The highest BCUT2D eigenvalue weighted by molar-refractivity contribution is 7.10. The number of thiophene rings is 1. The number of aliphatic hydroxyl groups excluding tert-OH is 1. The zero-order valence-electron chi connectivity index (χ0n) is 7.43. The van der Waals surface area contributed by atoms with Gasteiger partial charge in [0.25, 0.3) is 0 Å². The predicted octanol–water partition coefficient (Wildman–Crippen LogP) is 3.21. The first-order chi connectivity index (χ1) is 6.34. The van der Waals surface area contributed by atoms with E-state index in [1.165, 1.54) is 0 Å². The first-order valence-electron chi connectivity index (χ1n) is 3.82. The van der Waals surface area contributed by atoms with Crippen molar-refractivity contribution >= 4 is 11.3 Å². The van der Waals surface area contributed by atoms with E-state index in [1.807, 2.05) is 0 Å². The summed E-state index contributed by atoms with van der Waals surface area (Å²) in [5.41, 5.74) is -0.476. The fourth-order valence-electron chi connectivity index (χ4n) is 0.978. The molecule has 0 aromatic carbocycles. The van der Waals surface area contributed by atoms with E-state index < -0.39 is 17.9 Å². The van der Waals surface area contributed by atoms with Crippen LogP contribution in [0.25, 0.3) is 0 Å². The summed E-state index contributed by atoms with van der Waals surface area (Å²) >= 11 is 1.09. The van der Waals surface area contributed by atoms with Crippen molar-refractivity contribution in [2.45, 2.75) is 19.2 Å². The molecule has 0 aliphatic carbocycles. The van der Waals surface area contributed by atoms with Gasteiger partial charge in [0.1, 0.15) is 6.10 Å². The molecule has 1 heterocycles. The first kappa shape index (κ1) is 11.3. The Morgan fingerprint density at radius 3 is 2.50 bits per heavy atom. The van der Waals surface area contributed by atoms with Gasteiger partial charge < -0.3 is 5.11 Å². The monoisotopic (exact) mass is 222 g/mol. The van der Waals surface area contributed by atoms with Crippen LogP contribution in [0.3, 0.4) is 0 Å². The van der Waals surface area contributed by atoms with E-state index in [0.29, 0.717) is 10.4 Å². The summed E-state index contributed by atoms with van der Waals surface area (Å²) < 4.78 is 36.5. The maximum absolute atomic E-state index is 12.2. The van der Waals surface area contributed by atoms with E-state index in [0.717, 1.165) is 11.3 Å². The van der Waals surface area contributed by atoms with Gasteiger partial charge in [-0.2, -0.15) is 13.2 Å². The molecule has 0 spiro atoms. The van der Waals surface area contributed by atoms with Crippen LogP contribution in [-0.2, 0) is 0 Å². The lowest BCUT2D eigenvalue weighted by Gasteiger charge is -2.15. The van der Waals surface area contributed by atoms with Crippen LogP contribution in [0.2, 0.25) is 0 Å². The molecule has 0 fully saturated rings. The second-order valence-corrected chi connectivity index (χ2v) is 3.84. The van der Waals surface area contributed by atoms with E-state index in [9.17, 15) is 18.3 Å². The minimum Gasteiger partial charge on any atom is -0.383 e. The third-order valence-electron chi connectivity index (χ3n) is 1.84. The Balaban J connectivity index is 2.92. The molecule has 1 aromatic rings. The predicted molar refractivity (Wildman–Crippen MR) is 49.2 cm³/mol. The van der Waals surface area contributed by atoms with Gasteiger partial charge in [-0.25, -0.2) is 0 Å². The summed E-state index contributed by atoms with van der Waals surface area (Å²) in [5, 5.41) is 11.0. The number of rotatable bonds is 2. The van der Waals surface area contributed by atoms with Gasteiger partial charge in [-0.3, -0.25) is 0 Å². The van der Waals surface area contributed by atoms with Gasteiger partial charge in [0.15, 0.2) is 0 Å². The lowest BCUT2D eigenvalue weighted by Crippen LogP contribution is -2.17. The van der Waals surface area contributed by atoms with Crippen LogP contribution < -0.4 is 0 Å². The highest BCUT2D eigenvalue weighted by Crippen LogP contribution is 2.37. The molecule has 1 unspecified atom stereocenters. The second kappa shape index (κ2) is 3.74. The molecule has 0 saturated carbocycles. The van der Waals surface area contributed by atoms with Crippen molar-refractivity contribution in [1.82, 2.24) is 0 Å². The molecule has 5 heteroatoms. The molecule has 1 N–H and O–H groups in total. The largest absolute Gasteiger partial charge is 0.414 e. The van der Waals surface area contributed by atoms with E-state index >= 15 is 0 Å². The highest BCUT2D eigenvalue weighted by Gasteiger charge is 2.37. The summed E-state index contributed by atoms with van der Waals surface area (Å²) in [7, 11) is 0. The van der Waals surface area contributed by atoms with Crippen molar-refractivity contribution in [2.75, 3.05) is 0 Å². The molecular formula is C9H9F3OS. The van der Waals surface area contributed by atoms with Gasteiger partial charge in [-0.1, -0.05) is 6.58 Å². The van der Waals surface area contributed by atoms with E-state index in [2.05, 4.69) is 6.58 Å². The van der Waals surface area contributed by atoms with Crippen LogP contribution in [-0.4, -0.2) is 11.3 Å². The fourth-order valence-corrected chi connectivity index (χ4v) is 1.92. The van der Waals surface area contributed by atoms with Gasteiger partial charge in [-0.15, -0.1) is 11.3 Å². The maximum Gasteiger partial charge on any atom is 0.414 e. The van der Waals surface area contributed by atoms with Crippen molar-refractivity contribution in [2.24, 2.45) is 0 Å². The van der Waals surface area contributed by atoms with Crippen LogP contribution in [0, 0.1) is 6.92 Å². The summed E-state index contributed by atoms with van der Waals surface area (Å²) in [4.78, 5) is 0.298. The summed E-state index contributed by atoms with van der Waals surface area (Å²) in [6.07, 6.45) is -6.19. The normalized spacial score (nSPS) is 14.1. The molecule has 1 aromatic heterocycles. The third-order valence-corrected chi connectivity index (χ3v) is 2.92. The van der Waals surface area contributed by atoms with E-state index in [4.69, 9.17) is 0 Å². The number of halogens is 3. The minimum atomic E-state index is -4.55. The lowest BCUT2D eigenvalue weighted by atomic mass is 10.1. The standard InChI is InChI=1S/C9H9F3OS/c1-5-3-4-14-8(5)7(13)6(2)9(10,11)12/h3-4,7,13H,2H2,1H3. The zero-order chi connectivity index (χ0) is 10.9. The maximum atomic E-state index is 12.2. The molecule has 0 amide bonds. The smallest absolute Gasteiger partial charge is 0.383 e. The fraction of sp³-hybridized carbons (Fsp3) is 0.333. The number of alkyl halides is 3. The first-order valence-corrected chi connectivity index (χ1v) is 4.70. The number of aryl methyl sites for hydroxylation is 1. The van der Waals surface area contributed by atoms with Gasteiger partial charge in [0.05, 0.1) is 5.57 Å². The Labute approximate surface area is 83.5 Å².